The van der Waals surface area contributed by atoms with E-state index in [4.69, 9.17) is 14.1 Å². The van der Waals surface area contributed by atoms with Crippen LogP contribution in [0.2, 0.25) is 0 Å². The molecule has 5 rings (SSSR count). The lowest BCUT2D eigenvalue weighted by Gasteiger charge is -2.60. The van der Waals surface area contributed by atoms with E-state index in [1.165, 1.54) is 11.1 Å². The van der Waals surface area contributed by atoms with Crippen molar-refractivity contribution in [2.75, 3.05) is 20.2 Å². The first kappa shape index (κ1) is 35.7. The Balaban J connectivity index is 1.21. The van der Waals surface area contributed by atoms with Gasteiger partial charge in [0.05, 0.1) is 12.7 Å². The van der Waals surface area contributed by atoms with E-state index in [0.717, 1.165) is 94.9 Å². The molecule has 47 heavy (non-hydrogen) atoms. The summed E-state index contributed by atoms with van der Waals surface area (Å²) in [7, 11) is -2.19. The highest BCUT2D eigenvalue weighted by molar-refractivity contribution is 7.84. The van der Waals surface area contributed by atoms with Gasteiger partial charge in [0.2, 0.25) is 5.91 Å². The maximum absolute atomic E-state index is 12.2. The van der Waals surface area contributed by atoms with Gasteiger partial charge in [-0.3, -0.25) is 4.79 Å². The van der Waals surface area contributed by atoms with Crippen molar-refractivity contribution < 1.29 is 27.2 Å². The number of aliphatic hydroxyl groups is 1. The summed E-state index contributed by atoms with van der Waals surface area (Å²) in [6.07, 6.45) is 12.3. The maximum atomic E-state index is 12.2. The van der Waals surface area contributed by atoms with Gasteiger partial charge in [-0.25, -0.2) is 0 Å². The summed E-state index contributed by atoms with van der Waals surface area (Å²) in [5, 5.41) is 16.4. The number of hydrogen-bond donors (Lipinski definition) is 2. The molecule has 0 aromatic heterocycles. The molecule has 2 fully saturated rings. The van der Waals surface area contributed by atoms with Gasteiger partial charge in [0.15, 0.2) is 0 Å². The molecule has 2 aromatic carbocycles. The third kappa shape index (κ3) is 8.00. The summed E-state index contributed by atoms with van der Waals surface area (Å²) in [5.74, 6) is 2.22. The Morgan fingerprint density at radius 2 is 1.68 bits per heavy atom. The standard InChI is InChI=1S/C38H56N2O6S/c1-5-6-23-40(4)35(42)12-10-8-7-9-11-24-45-29-15-13-27(14-16-29)32-26-38(3)33(19-20-34(38)41)37(2)22-21-28-25-30(46-47(39,43)44)17-18-31(28)36(32)37/h13-18,25,32-34,36,41H,5-12,19-24,26H2,1-4H3,(H2,39,43,44)/t32-,33?,34+,36?,37+,38+/m1/s1. The Morgan fingerprint density at radius 1 is 0.979 bits per heavy atom. The number of amides is 1. The van der Waals surface area contributed by atoms with Crippen LogP contribution in [0, 0.1) is 16.7 Å². The second kappa shape index (κ2) is 14.9. The van der Waals surface area contributed by atoms with Crippen LogP contribution in [-0.2, 0) is 21.5 Å². The number of hydrogen-bond acceptors (Lipinski definition) is 6. The van der Waals surface area contributed by atoms with Crippen molar-refractivity contribution in [3.8, 4) is 11.5 Å². The minimum Gasteiger partial charge on any atom is -0.494 e. The average molecular weight is 669 g/mol. The van der Waals surface area contributed by atoms with E-state index in [0.29, 0.717) is 18.9 Å². The smallest absolute Gasteiger partial charge is 0.380 e. The molecule has 6 atom stereocenters. The number of carbonyl (C=O) groups excluding carboxylic acids is 1. The normalized spacial score (nSPS) is 28.2. The number of carbonyl (C=O) groups is 1. The number of ether oxygens (including phenoxy) is 1. The number of aryl methyl sites for hydroxylation is 1. The van der Waals surface area contributed by atoms with Gasteiger partial charge in [-0.15, -0.1) is 0 Å². The number of nitrogens with zero attached hydrogens (tertiary/aromatic N) is 1. The van der Waals surface area contributed by atoms with Gasteiger partial charge >= 0.3 is 10.3 Å². The molecular weight excluding hydrogens is 612 g/mol. The summed E-state index contributed by atoms with van der Waals surface area (Å²) in [4.78, 5) is 14.1. The molecule has 0 bridgehead atoms. The van der Waals surface area contributed by atoms with Crippen LogP contribution in [0.25, 0.3) is 0 Å². The van der Waals surface area contributed by atoms with Crippen molar-refractivity contribution >= 4 is 16.2 Å². The van der Waals surface area contributed by atoms with Gasteiger partial charge in [-0.2, -0.15) is 13.6 Å². The van der Waals surface area contributed by atoms with Gasteiger partial charge in [-0.1, -0.05) is 64.7 Å². The monoisotopic (exact) mass is 668 g/mol. The lowest BCUT2D eigenvalue weighted by Crippen LogP contribution is -2.52. The Morgan fingerprint density at radius 3 is 2.40 bits per heavy atom. The molecule has 0 aliphatic heterocycles. The predicted octanol–water partition coefficient (Wildman–Crippen LogP) is 7.25. The van der Waals surface area contributed by atoms with Gasteiger partial charge in [0.25, 0.3) is 0 Å². The third-order valence-electron chi connectivity index (χ3n) is 11.8. The fourth-order valence-corrected chi connectivity index (χ4v) is 9.74. The van der Waals surface area contributed by atoms with Gasteiger partial charge in [-0.05, 0) is 121 Å². The predicted molar refractivity (Wildman–Crippen MR) is 186 cm³/mol. The van der Waals surface area contributed by atoms with E-state index in [1.807, 2.05) is 24.1 Å². The Bertz CT molecular complexity index is 1480. The Labute approximate surface area is 282 Å². The number of nitrogens with two attached hydrogens (primary N) is 1. The molecule has 0 saturated heterocycles. The molecular formula is C38H56N2O6S. The zero-order valence-corrected chi connectivity index (χ0v) is 29.7. The topological polar surface area (TPSA) is 119 Å². The van der Waals surface area contributed by atoms with E-state index in [9.17, 15) is 18.3 Å². The molecule has 8 nitrogen and oxygen atoms in total. The molecule has 260 valence electrons. The maximum Gasteiger partial charge on any atom is 0.380 e. The summed E-state index contributed by atoms with van der Waals surface area (Å²) < 4.78 is 34.4. The molecule has 0 spiro atoms. The molecule has 2 unspecified atom stereocenters. The van der Waals surface area contributed by atoms with Gasteiger partial charge in [0, 0.05) is 20.0 Å². The first-order valence-corrected chi connectivity index (χ1v) is 19.3. The number of aliphatic hydroxyl groups excluding tert-OH is 1. The average Bonchev–Trinajstić information content (AvgIpc) is 3.34. The number of rotatable bonds is 15. The van der Waals surface area contributed by atoms with E-state index < -0.39 is 10.3 Å². The minimum absolute atomic E-state index is 0.00208. The second-order valence-corrected chi connectivity index (χ2v) is 16.1. The van der Waals surface area contributed by atoms with Crippen molar-refractivity contribution in [3.05, 3.63) is 59.2 Å². The number of unbranched alkanes of at least 4 members (excludes halogenated alkanes) is 5. The van der Waals surface area contributed by atoms with Crippen LogP contribution in [0.3, 0.4) is 0 Å². The van der Waals surface area contributed by atoms with Crippen LogP contribution >= 0.6 is 0 Å². The third-order valence-corrected chi connectivity index (χ3v) is 12.3. The first-order chi connectivity index (χ1) is 22.4. The van der Waals surface area contributed by atoms with Crippen molar-refractivity contribution in [2.45, 2.75) is 122 Å². The molecule has 1 amide bonds. The van der Waals surface area contributed by atoms with Crippen LogP contribution in [0.5, 0.6) is 11.5 Å². The van der Waals surface area contributed by atoms with Gasteiger partial charge < -0.3 is 18.9 Å². The first-order valence-electron chi connectivity index (χ1n) is 17.9. The van der Waals surface area contributed by atoms with Gasteiger partial charge in [0.1, 0.15) is 11.5 Å². The Kier molecular flexibility index (Phi) is 11.3. The van der Waals surface area contributed by atoms with E-state index in [1.54, 1.807) is 6.07 Å². The van der Waals surface area contributed by atoms with Crippen LogP contribution in [0.15, 0.2) is 42.5 Å². The highest BCUT2D eigenvalue weighted by Crippen LogP contribution is 2.70. The molecule has 3 N–H and O–H groups in total. The van der Waals surface area contributed by atoms with Crippen LogP contribution < -0.4 is 14.1 Å². The highest BCUT2D eigenvalue weighted by Gasteiger charge is 2.62. The molecule has 3 aliphatic rings. The lowest BCUT2D eigenvalue weighted by molar-refractivity contribution is -0.130. The van der Waals surface area contributed by atoms with Crippen LogP contribution in [0.4, 0.5) is 0 Å². The van der Waals surface area contributed by atoms with E-state index >= 15 is 0 Å². The quantitative estimate of drug-likeness (QED) is 0.193. The number of benzene rings is 2. The summed E-state index contributed by atoms with van der Waals surface area (Å²) in [6, 6.07) is 14.2. The molecule has 2 saturated carbocycles. The van der Waals surface area contributed by atoms with Crippen molar-refractivity contribution in [1.29, 1.82) is 0 Å². The second-order valence-electron chi connectivity index (χ2n) is 15.0. The molecule has 0 radical (unpaired) electrons. The lowest BCUT2D eigenvalue weighted by atomic mass is 9.44. The zero-order valence-electron chi connectivity index (χ0n) is 28.9. The molecule has 9 heteroatoms. The van der Waals surface area contributed by atoms with Crippen molar-refractivity contribution in [3.63, 3.8) is 0 Å². The fourth-order valence-electron chi connectivity index (χ4n) is 9.37. The summed E-state index contributed by atoms with van der Waals surface area (Å²) in [5.41, 5.74) is 3.46. The Hall–Kier alpha value is -2.62. The SMILES string of the molecule is CCCCN(C)C(=O)CCCCCCCOc1ccc([C@H]2C[C@@]3(C)C(CC[C@@H]3O)[C@]3(C)CCc4cc(OS(N)(=O)=O)ccc4C23)cc1. The van der Waals surface area contributed by atoms with Crippen LogP contribution in [-0.4, -0.2) is 50.6 Å². The van der Waals surface area contributed by atoms with E-state index in [-0.39, 0.29) is 40.4 Å². The fraction of sp³-hybridized carbons (Fsp3) is 0.658. The largest absolute Gasteiger partial charge is 0.494 e. The zero-order chi connectivity index (χ0) is 33.8. The van der Waals surface area contributed by atoms with E-state index in [2.05, 4.69) is 45.0 Å². The van der Waals surface area contributed by atoms with Crippen LogP contribution in [0.1, 0.15) is 126 Å². The summed E-state index contributed by atoms with van der Waals surface area (Å²) in [6.45, 7) is 8.39. The molecule has 3 aliphatic carbocycles. The minimum atomic E-state index is -4.10. The van der Waals surface area contributed by atoms with Crippen molar-refractivity contribution in [2.24, 2.45) is 21.9 Å². The number of fused-ring (bicyclic) bond motifs is 5. The molecule has 0 heterocycles. The molecule has 2 aromatic rings. The van der Waals surface area contributed by atoms with Crippen molar-refractivity contribution in [1.82, 2.24) is 4.90 Å². The highest BCUT2D eigenvalue weighted by atomic mass is 32.2. The summed E-state index contributed by atoms with van der Waals surface area (Å²) >= 11 is 0.